The van der Waals surface area contributed by atoms with E-state index in [1.54, 1.807) is 0 Å². The fourth-order valence-corrected chi connectivity index (χ4v) is 5.16. The number of hydrogen-bond acceptors (Lipinski definition) is 6. The first kappa shape index (κ1) is 27.7. The summed E-state index contributed by atoms with van der Waals surface area (Å²) < 4.78 is 10.7. The van der Waals surface area contributed by atoms with Crippen molar-refractivity contribution in [3.63, 3.8) is 0 Å². The standard InChI is InChI=1S/C29H33N3O7/c1-2-15-38-28(36)30-14-8-7-9-20-16-31(18-27(34)35)26(33)17-32(20)29(37)39-19-25-23-12-5-3-10-21(23)22-11-4-6-13-24(22)25/h2-6,10-13,20,25H,1,7-9,14-19H2,(H,30,36)(H,34,35)/t20-/m0/s1. The molecule has 0 saturated carbocycles. The monoisotopic (exact) mass is 535 g/mol. The molecular weight excluding hydrogens is 502 g/mol. The van der Waals surface area contributed by atoms with Crippen LogP contribution in [0.1, 0.15) is 36.3 Å². The Morgan fingerprint density at radius 2 is 1.69 bits per heavy atom. The molecule has 2 N–H and O–H groups in total. The summed E-state index contributed by atoms with van der Waals surface area (Å²) in [7, 11) is 0. The van der Waals surface area contributed by atoms with Crippen molar-refractivity contribution in [2.45, 2.75) is 31.2 Å². The van der Waals surface area contributed by atoms with Gasteiger partial charge in [-0.25, -0.2) is 9.59 Å². The Labute approximate surface area is 227 Å². The third kappa shape index (κ3) is 6.76. The number of piperazine rings is 1. The summed E-state index contributed by atoms with van der Waals surface area (Å²) in [5, 5.41) is 11.9. The van der Waals surface area contributed by atoms with Crippen LogP contribution in [-0.2, 0) is 19.1 Å². The summed E-state index contributed by atoms with van der Waals surface area (Å²) in [5.41, 5.74) is 4.41. The minimum absolute atomic E-state index is 0.101. The van der Waals surface area contributed by atoms with E-state index < -0.39 is 36.6 Å². The van der Waals surface area contributed by atoms with Crippen LogP contribution >= 0.6 is 0 Å². The van der Waals surface area contributed by atoms with Crippen LogP contribution in [0.3, 0.4) is 0 Å². The number of amides is 3. The van der Waals surface area contributed by atoms with Crippen molar-refractivity contribution in [2.75, 3.05) is 39.4 Å². The number of nitrogens with one attached hydrogen (secondary N) is 1. The van der Waals surface area contributed by atoms with Gasteiger partial charge in [-0.05, 0) is 41.5 Å². The maximum atomic E-state index is 13.3. The molecule has 0 aromatic heterocycles. The molecule has 206 valence electrons. The molecule has 2 aromatic rings. The smallest absolute Gasteiger partial charge is 0.410 e. The Morgan fingerprint density at radius 3 is 2.33 bits per heavy atom. The fraction of sp³-hybridized carbons (Fsp3) is 0.379. The number of nitrogens with zero attached hydrogens (tertiary/aromatic N) is 2. The van der Waals surface area contributed by atoms with E-state index in [1.165, 1.54) is 15.9 Å². The lowest BCUT2D eigenvalue weighted by Gasteiger charge is -2.40. The lowest BCUT2D eigenvalue weighted by atomic mass is 9.98. The van der Waals surface area contributed by atoms with E-state index >= 15 is 0 Å². The van der Waals surface area contributed by atoms with E-state index in [0.29, 0.717) is 25.8 Å². The van der Waals surface area contributed by atoms with Crippen molar-refractivity contribution < 1.29 is 33.8 Å². The van der Waals surface area contributed by atoms with Crippen LogP contribution in [-0.4, -0.2) is 84.4 Å². The summed E-state index contributed by atoms with van der Waals surface area (Å²) in [4.78, 5) is 51.4. The Balaban J connectivity index is 1.38. The number of hydrogen-bond donors (Lipinski definition) is 2. The van der Waals surface area contributed by atoms with Crippen molar-refractivity contribution in [1.29, 1.82) is 0 Å². The number of carboxylic acid groups (broad SMARTS) is 1. The van der Waals surface area contributed by atoms with Crippen molar-refractivity contribution in [1.82, 2.24) is 15.1 Å². The van der Waals surface area contributed by atoms with Gasteiger partial charge >= 0.3 is 18.2 Å². The highest BCUT2D eigenvalue weighted by Gasteiger charge is 2.37. The molecule has 4 rings (SSSR count). The van der Waals surface area contributed by atoms with Crippen LogP contribution in [0.4, 0.5) is 9.59 Å². The van der Waals surface area contributed by atoms with Crippen molar-refractivity contribution >= 4 is 24.1 Å². The Kier molecular flexibility index (Phi) is 9.19. The molecule has 1 atom stereocenters. The van der Waals surface area contributed by atoms with E-state index in [4.69, 9.17) is 9.47 Å². The summed E-state index contributed by atoms with van der Waals surface area (Å²) >= 11 is 0. The third-order valence-electron chi connectivity index (χ3n) is 6.99. The Morgan fingerprint density at radius 1 is 1.03 bits per heavy atom. The van der Waals surface area contributed by atoms with Gasteiger partial charge < -0.3 is 24.8 Å². The highest BCUT2D eigenvalue weighted by molar-refractivity contribution is 5.86. The largest absolute Gasteiger partial charge is 0.480 e. The lowest BCUT2D eigenvalue weighted by Crippen LogP contribution is -2.58. The van der Waals surface area contributed by atoms with Gasteiger partial charge in [0.1, 0.15) is 26.3 Å². The molecule has 10 heteroatoms. The zero-order chi connectivity index (χ0) is 27.8. The number of unbranched alkanes of at least 4 members (excludes halogenated alkanes) is 1. The SMILES string of the molecule is C=CCOC(=O)NCCCC[C@H]1CN(CC(=O)O)C(=O)CN1C(=O)OCC1c2ccccc2-c2ccccc21. The van der Waals surface area contributed by atoms with Gasteiger partial charge in [-0.2, -0.15) is 0 Å². The summed E-state index contributed by atoms with van der Waals surface area (Å²) in [6.45, 7) is 3.54. The number of aliphatic carboxylic acids is 1. The Hall–Kier alpha value is -4.34. The van der Waals surface area contributed by atoms with Crippen LogP contribution < -0.4 is 5.32 Å². The summed E-state index contributed by atoms with van der Waals surface area (Å²) in [6, 6.07) is 15.7. The van der Waals surface area contributed by atoms with Gasteiger partial charge in [0.15, 0.2) is 0 Å². The minimum atomic E-state index is -1.11. The van der Waals surface area contributed by atoms with E-state index in [-0.39, 0.29) is 32.2 Å². The van der Waals surface area contributed by atoms with Crippen LogP contribution in [0.5, 0.6) is 0 Å². The van der Waals surface area contributed by atoms with Gasteiger partial charge in [0.05, 0.1) is 6.04 Å². The molecule has 0 spiro atoms. The zero-order valence-electron chi connectivity index (χ0n) is 21.7. The second kappa shape index (κ2) is 12.9. The van der Waals surface area contributed by atoms with Crippen molar-refractivity contribution in [3.05, 3.63) is 72.3 Å². The van der Waals surface area contributed by atoms with Crippen molar-refractivity contribution in [2.24, 2.45) is 0 Å². The topological polar surface area (TPSA) is 125 Å². The molecule has 1 heterocycles. The van der Waals surface area contributed by atoms with Gasteiger partial charge in [-0.15, -0.1) is 0 Å². The summed E-state index contributed by atoms with van der Waals surface area (Å²) in [6.07, 6.45) is 2.10. The van der Waals surface area contributed by atoms with E-state index in [1.807, 2.05) is 36.4 Å². The molecule has 3 amide bonds. The lowest BCUT2D eigenvalue weighted by molar-refractivity contribution is -0.148. The van der Waals surface area contributed by atoms with E-state index in [2.05, 4.69) is 24.0 Å². The molecule has 1 fully saturated rings. The number of alkyl carbamates (subject to hydrolysis) is 1. The van der Waals surface area contributed by atoms with Crippen LogP contribution in [0, 0.1) is 0 Å². The number of fused-ring (bicyclic) bond motifs is 3. The fourth-order valence-electron chi connectivity index (χ4n) is 5.16. The number of benzene rings is 2. The maximum Gasteiger partial charge on any atom is 0.410 e. The normalized spacial score (nSPS) is 16.3. The second-order valence-corrected chi connectivity index (χ2v) is 9.56. The third-order valence-corrected chi connectivity index (χ3v) is 6.99. The average Bonchev–Trinajstić information content (AvgIpc) is 3.25. The highest BCUT2D eigenvalue weighted by Crippen LogP contribution is 2.44. The van der Waals surface area contributed by atoms with E-state index in [0.717, 1.165) is 22.3 Å². The molecule has 39 heavy (non-hydrogen) atoms. The van der Waals surface area contributed by atoms with Crippen LogP contribution in [0.2, 0.25) is 0 Å². The first-order valence-electron chi connectivity index (χ1n) is 13.0. The van der Waals surface area contributed by atoms with Gasteiger partial charge in [-0.3, -0.25) is 14.5 Å². The predicted molar refractivity (Wildman–Crippen MR) is 143 cm³/mol. The molecule has 10 nitrogen and oxygen atoms in total. The zero-order valence-corrected chi connectivity index (χ0v) is 21.7. The number of carboxylic acids is 1. The molecule has 2 aliphatic rings. The second-order valence-electron chi connectivity index (χ2n) is 9.56. The van der Waals surface area contributed by atoms with Crippen LogP contribution in [0.15, 0.2) is 61.2 Å². The molecular formula is C29H33N3O7. The molecule has 0 unspecified atom stereocenters. The van der Waals surface area contributed by atoms with Gasteiger partial charge in [0.2, 0.25) is 5.91 Å². The average molecular weight is 536 g/mol. The quantitative estimate of drug-likeness (QED) is 0.333. The van der Waals surface area contributed by atoms with Gasteiger partial charge in [0.25, 0.3) is 0 Å². The number of carbonyl (C=O) groups is 4. The first-order chi connectivity index (χ1) is 18.9. The molecule has 0 radical (unpaired) electrons. The highest BCUT2D eigenvalue weighted by atomic mass is 16.6. The first-order valence-corrected chi connectivity index (χ1v) is 13.0. The maximum absolute atomic E-state index is 13.3. The van der Waals surface area contributed by atoms with Gasteiger partial charge in [0, 0.05) is 19.0 Å². The molecule has 0 bridgehead atoms. The summed E-state index contributed by atoms with van der Waals surface area (Å²) in [5.74, 6) is -1.66. The van der Waals surface area contributed by atoms with Gasteiger partial charge in [-0.1, -0.05) is 61.2 Å². The predicted octanol–water partition coefficient (Wildman–Crippen LogP) is 3.62. The minimum Gasteiger partial charge on any atom is -0.480 e. The Bertz CT molecular complexity index is 1190. The number of rotatable bonds is 11. The van der Waals surface area contributed by atoms with Crippen LogP contribution in [0.25, 0.3) is 11.1 Å². The molecule has 2 aromatic carbocycles. The molecule has 1 aliphatic carbocycles. The molecule has 1 saturated heterocycles. The molecule has 1 aliphatic heterocycles. The van der Waals surface area contributed by atoms with Crippen molar-refractivity contribution in [3.8, 4) is 11.1 Å². The number of carbonyl (C=O) groups excluding carboxylic acids is 3. The van der Waals surface area contributed by atoms with E-state index in [9.17, 15) is 24.3 Å². The number of ether oxygens (including phenoxy) is 2.